The van der Waals surface area contributed by atoms with Crippen LogP contribution < -0.4 is 5.32 Å². The molecule has 3 rings (SSSR count). The molecule has 2 aromatic heterocycles. The molecule has 1 N–H and O–H groups in total. The van der Waals surface area contributed by atoms with Crippen molar-refractivity contribution < 1.29 is 4.79 Å². The topological polar surface area (TPSA) is 85.6 Å². The maximum Gasteiger partial charge on any atom is 0.279 e. The Kier molecular flexibility index (Phi) is 5.21. The average Bonchev–Trinajstić information content (AvgIpc) is 3.20. The van der Waals surface area contributed by atoms with Crippen LogP contribution in [0.25, 0.3) is 5.69 Å². The van der Waals surface area contributed by atoms with Gasteiger partial charge in [0.15, 0.2) is 10.0 Å². The number of carbonyl (C=O) groups is 1. The predicted molar refractivity (Wildman–Crippen MR) is 95.0 cm³/mol. The number of hydrogen-bond donors (Lipinski definition) is 1. The quantitative estimate of drug-likeness (QED) is 0.537. The maximum atomic E-state index is 12.4. The van der Waals surface area contributed by atoms with Gasteiger partial charge < -0.3 is 0 Å². The first-order valence-corrected chi connectivity index (χ1v) is 9.24. The summed E-state index contributed by atoms with van der Waals surface area (Å²) in [5.41, 5.74) is 1.80. The van der Waals surface area contributed by atoms with Crippen LogP contribution >= 0.6 is 23.1 Å². The van der Waals surface area contributed by atoms with E-state index in [-0.39, 0.29) is 11.6 Å². The van der Waals surface area contributed by atoms with Gasteiger partial charge in [0.25, 0.3) is 5.91 Å². The third-order valence-corrected chi connectivity index (χ3v) is 5.34. The van der Waals surface area contributed by atoms with Gasteiger partial charge in [-0.3, -0.25) is 10.1 Å². The second kappa shape index (κ2) is 7.54. The zero-order valence-corrected chi connectivity index (χ0v) is 14.9. The molecule has 7 nitrogen and oxygen atoms in total. The highest BCUT2D eigenvalue weighted by Crippen LogP contribution is 2.26. The van der Waals surface area contributed by atoms with E-state index in [1.54, 1.807) is 16.4 Å². The summed E-state index contributed by atoms with van der Waals surface area (Å²) in [6, 6.07) is 9.56. The summed E-state index contributed by atoms with van der Waals surface area (Å²) >= 11 is 2.99. The van der Waals surface area contributed by atoms with Gasteiger partial charge >= 0.3 is 0 Å². The lowest BCUT2D eigenvalue weighted by Crippen LogP contribution is -2.14. The van der Waals surface area contributed by atoms with Crippen LogP contribution in [-0.4, -0.2) is 36.9 Å². The van der Waals surface area contributed by atoms with E-state index in [1.165, 1.54) is 11.3 Å². The lowest BCUT2D eigenvalue weighted by Gasteiger charge is -2.03. The van der Waals surface area contributed by atoms with Crippen molar-refractivity contribution in [1.29, 1.82) is 0 Å². The van der Waals surface area contributed by atoms with Gasteiger partial charge in [0.2, 0.25) is 5.13 Å². The van der Waals surface area contributed by atoms with Crippen molar-refractivity contribution in [3.63, 3.8) is 0 Å². The van der Waals surface area contributed by atoms with Crippen LogP contribution in [0.4, 0.5) is 5.13 Å². The number of para-hydroxylation sites is 1. The van der Waals surface area contributed by atoms with Crippen molar-refractivity contribution in [3.05, 3.63) is 41.7 Å². The van der Waals surface area contributed by atoms with E-state index in [2.05, 4.69) is 32.7 Å². The monoisotopic (exact) mass is 360 g/mol. The molecule has 1 amide bonds. The number of thioether (sulfide) groups is 1. The molecule has 0 fully saturated rings. The Bertz CT molecular complexity index is 830. The number of rotatable bonds is 6. The summed E-state index contributed by atoms with van der Waals surface area (Å²) in [5, 5.41) is 19.3. The van der Waals surface area contributed by atoms with E-state index in [0.717, 1.165) is 22.2 Å². The zero-order chi connectivity index (χ0) is 16.9. The molecule has 0 aliphatic rings. The molecule has 0 radical (unpaired) electrons. The SMILES string of the molecule is CCCSc1nnc(NC(=O)c2nnn(-c3ccccc3)c2C)s1. The molecule has 0 saturated heterocycles. The summed E-state index contributed by atoms with van der Waals surface area (Å²) in [6.45, 7) is 3.92. The van der Waals surface area contributed by atoms with Crippen molar-refractivity contribution in [2.75, 3.05) is 11.1 Å². The fraction of sp³-hybridized carbons (Fsp3) is 0.267. The molecule has 0 atom stereocenters. The molecule has 2 heterocycles. The molecule has 24 heavy (non-hydrogen) atoms. The van der Waals surface area contributed by atoms with Crippen LogP contribution in [0.5, 0.6) is 0 Å². The normalized spacial score (nSPS) is 10.8. The van der Waals surface area contributed by atoms with Gasteiger partial charge in [-0.15, -0.1) is 15.3 Å². The molecule has 0 saturated carbocycles. The number of amides is 1. The molecule has 0 aliphatic heterocycles. The minimum atomic E-state index is -0.335. The van der Waals surface area contributed by atoms with E-state index >= 15 is 0 Å². The van der Waals surface area contributed by atoms with Crippen molar-refractivity contribution in [2.45, 2.75) is 24.6 Å². The number of carbonyl (C=O) groups excluding carboxylic acids is 1. The van der Waals surface area contributed by atoms with E-state index in [0.29, 0.717) is 10.8 Å². The average molecular weight is 360 g/mol. The number of aromatic nitrogens is 5. The van der Waals surface area contributed by atoms with Crippen LogP contribution in [0, 0.1) is 6.92 Å². The molecule has 0 spiro atoms. The summed E-state index contributed by atoms with van der Waals surface area (Å²) in [7, 11) is 0. The first-order valence-electron chi connectivity index (χ1n) is 7.44. The number of anilines is 1. The van der Waals surface area contributed by atoms with E-state index < -0.39 is 0 Å². The van der Waals surface area contributed by atoms with Crippen molar-refractivity contribution >= 4 is 34.1 Å². The molecular weight excluding hydrogens is 344 g/mol. The molecule has 0 aliphatic carbocycles. The largest absolute Gasteiger partial charge is 0.295 e. The van der Waals surface area contributed by atoms with Gasteiger partial charge in [0.1, 0.15) is 0 Å². The highest BCUT2D eigenvalue weighted by Gasteiger charge is 2.19. The highest BCUT2D eigenvalue weighted by atomic mass is 32.2. The highest BCUT2D eigenvalue weighted by molar-refractivity contribution is 8.01. The van der Waals surface area contributed by atoms with E-state index in [1.807, 2.05) is 37.3 Å². The molecule has 9 heteroatoms. The number of nitrogens with zero attached hydrogens (tertiary/aromatic N) is 5. The summed E-state index contributed by atoms with van der Waals surface area (Å²) in [6.07, 6.45) is 1.06. The minimum absolute atomic E-state index is 0.275. The van der Waals surface area contributed by atoms with Crippen LogP contribution in [-0.2, 0) is 0 Å². The Morgan fingerprint density at radius 3 is 2.79 bits per heavy atom. The molecule has 3 aromatic rings. The van der Waals surface area contributed by atoms with Crippen LogP contribution in [0.15, 0.2) is 34.7 Å². The third kappa shape index (κ3) is 3.62. The summed E-state index contributed by atoms with van der Waals surface area (Å²) < 4.78 is 2.48. The second-order valence-electron chi connectivity index (χ2n) is 4.95. The maximum absolute atomic E-state index is 12.4. The van der Waals surface area contributed by atoms with Gasteiger partial charge in [-0.05, 0) is 25.5 Å². The van der Waals surface area contributed by atoms with Crippen LogP contribution in [0.1, 0.15) is 29.5 Å². The molecule has 124 valence electrons. The Labute approximate surface area is 147 Å². The van der Waals surface area contributed by atoms with Gasteiger partial charge in [-0.1, -0.05) is 53.4 Å². The van der Waals surface area contributed by atoms with E-state index in [4.69, 9.17) is 0 Å². The predicted octanol–water partition coefficient (Wildman–Crippen LogP) is 3.18. The van der Waals surface area contributed by atoms with Crippen molar-refractivity contribution in [3.8, 4) is 5.69 Å². The molecule has 0 bridgehead atoms. The first-order chi connectivity index (χ1) is 11.7. The van der Waals surface area contributed by atoms with Gasteiger partial charge in [0.05, 0.1) is 11.4 Å². The summed E-state index contributed by atoms with van der Waals surface area (Å²) in [4.78, 5) is 12.4. The molecule has 1 aromatic carbocycles. The summed E-state index contributed by atoms with van der Waals surface area (Å²) in [5.74, 6) is 0.644. The molecule has 0 unspecified atom stereocenters. The Morgan fingerprint density at radius 1 is 1.25 bits per heavy atom. The van der Waals surface area contributed by atoms with Crippen LogP contribution in [0.3, 0.4) is 0 Å². The lowest BCUT2D eigenvalue weighted by molar-refractivity contribution is 0.102. The van der Waals surface area contributed by atoms with Crippen molar-refractivity contribution in [2.24, 2.45) is 0 Å². The fourth-order valence-electron chi connectivity index (χ4n) is 2.02. The minimum Gasteiger partial charge on any atom is -0.295 e. The molecular formula is C15H16N6OS2. The smallest absolute Gasteiger partial charge is 0.279 e. The Hall–Kier alpha value is -2.26. The van der Waals surface area contributed by atoms with Crippen LogP contribution in [0.2, 0.25) is 0 Å². The second-order valence-corrected chi connectivity index (χ2v) is 7.27. The lowest BCUT2D eigenvalue weighted by atomic mass is 10.3. The van der Waals surface area contributed by atoms with Gasteiger partial charge in [0, 0.05) is 5.75 Å². The zero-order valence-electron chi connectivity index (χ0n) is 13.3. The Balaban J connectivity index is 1.74. The Morgan fingerprint density at radius 2 is 2.04 bits per heavy atom. The number of nitrogens with one attached hydrogen (secondary N) is 1. The first kappa shape index (κ1) is 16.6. The van der Waals surface area contributed by atoms with Crippen molar-refractivity contribution in [1.82, 2.24) is 25.2 Å². The van der Waals surface area contributed by atoms with Gasteiger partial charge in [-0.2, -0.15) is 0 Å². The third-order valence-electron chi connectivity index (χ3n) is 3.17. The van der Waals surface area contributed by atoms with E-state index in [9.17, 15) is 4.79 Å². The van der Waals surface area contributed by atoms with Gasteiger partial charge in [-0.25, -0.2) is 4.68 Å². The standard InChI is InChI=1S/C15H16N6OS2/c1-3-9-23-15-19-18-14(24-15)16-13(22)12-10(2)21(20-17-12)11-7-5-4-6-8-11/h4-8H,3,9H2,1-2H3,(H,16,18,22). The number of hydrogen-bond acceptors (Lipinski definition) is 7. The number of benzene rings is 1. The fourth-order valence-corrected chi connectivity index (χ4v) is 3.69.